The Hall–Kier alpha value is -1.48. The summed E-state index contributed by atoms with van der Waals surface area (Å²) in [5, 5.41) is 4.47. The SMILES string of the molecule is CC(C)c1ncc2cc3ccsc3nc2c1C(C)C. The Morgan fingerprint density at radius 1 is 1.05 bits per heavy atom. The molecule has 0 amide bonds. The number of hydrogen-bond donors (Lipinski definition) is 0. The largest absolute Gasteiger partial charge is 0.260 e. The lowest BCUT2D eigenvalue weighted by molar-refractivity contribution is 0.764. The first kappa shape index (κ1) is 12.5. The van der Waals surface area contributed by atoms with Crippen LogP contribution >= 0.6 is 11.3 Å². The lowest BCUT2D eigenvalue weighted by Crippen LogP contribution is -2.04. The fourth-order valence-electron chi connectivity index (χ4n) is 2.59. The highest BCUT2D eigenvalue weighted by Gasteiger charge is 2.16. The number of hydrogen-bond acceptors (Lipinski definition) is 3. The van der Waals surface area contributed by atoms with Crippen LogP contribution in [0.25, 0.3) is 21.1 Å². The van der Waals surface area contributed by atoms with Gasteiger partial charge in [-0.15, -0.1) is 11.3 Å². The van der Waals surface area contributed by atoms with Crippen LogP contribution in [-0.2, 0) is 0 Å². The molecule has 0 bridgehead atoms. The number of rotatable bonds is 2. The van der Waals surface area contributed by atoms with E-state index in [0.29, 0.717) is 11.8 Å². The van der Waals surface area contributed by atoms with Crippen LogP contribution in [0.1, 0.15) is 50.8 Å². The van der Waals surface area contributed by atoms with Gasteiger partial charge in [-0.05, 0) is 29.3 Å². The average Bonchev–Trinajstić information content (AvgIpc) is 2.81. The Morgan fingerprint density at radius 3 is 2.53 bits per heavy atom. The molecule has 0 spiro atoms. The van der Waals surface area contributed by atoms with E-state index < -0.39 is 0 Å². The van der Waals surface area contributed by atoms with Crippen molar-refractivity contribution in [2.45, 2.75) is 39.5 Å². The Morgan fingerprint density at radius 2 is 1.84 bits per heavy atom. The number of nitrogens with zero attached hydrogens (tertiary/aromatic N) is 2. The van der Waals surface area contributed by atoms with E-state index in [1.165, 1.54) is 16.6 Å². The molecular formula is C16H18N2S. The molecule has 0 aliphatic carbocycles. The summed E-state index contributed by atoms with van der Waals surface area (Å²) in [5.74, 6) is 0.876. The van der Waals surface area contributed by atoms with Crippen LogP contribution in [0.15, 0.2) is 23.7 Å². The van der Waals surface area contributed by atoms with Gasteiger partial charge in [0.1, 0.15) is 4.83 Å². The standard InChI is InChI=1S/C16H18N2S/c1-9(2)13-14(10(3)4)17-8-12-7-11-5-6-19-16(11)18-15(12)13/h5-10H,1-4H3. The average molecular weight is 270 g/mol. The van der Waals surface area contributed by atoms with Crippen molar-refractivity contribution in [2.24, 2.45) is 0 Å². The lowest BCUT2D eigenvalue weighted by atomic mass is 9.93. The molecule has 0 unspecified atom stereocenters. The zero-order chi connectivity index (χ0) is 13.6. The van der Waals surface area contributed by atoms with Gasteiger partial charge in [0.25, 0.3) is 0 Å². The van der Waals surface area contributed by atoms with E-state index in [-0.39, 0.29) is 0 Å². The summed E-state index contributed by atoms with van der Waals surface area (Å²) in [5.41, 5.74) is 3.62. The van der Waals surface area contributed by atoms with E-state index >= 15 is 0 Å². The van der Waals surface area contributed by atoms with Crippen LogP contribution in [0.5, 0.6) is 0 Å². The van der Waals surface area contributed by atoms with Gasteiger partial charge in [0, 0.05) is 28.2 Å². The fraction of sp³-hybridized carbons (Fsp3) is 0.375. The molecule has 2 nitrogen and oxygen atoms in total. The van der Waals surface area contributed by atoms with E-state index in [1.54, 1.807) is 11.3 Å². The molecule has 0 atom stereocenters. The number of fused-ring (bicyclic) bond motifs is 2. The maximum atomic E-state index is 4.88. The first-order valence-corrected chi connectivity index (χ1v) is 7.62. The van der Waals surface area contributed by atoms with E-state index in [1.807, 2.05) is 6.20 Å². The zero-order valence-corrected chi connectivity index (χ0v) is 12.6. The van der Waals surface area contributed by atoms with Crippen LogP contribution in [-0.4, -0.2) is 9.97 Å². The highest BCUT2D eigenvalue weighted by atomic mass is 32.1. The molecule has 0 saturated heterocycles. The smallest absolute Gasteiger partial charge is 0.123 e. The molecule has 3 heteroatoms. The maximum Gasteiger partial charge on any atom is 0.123 e. The van der Waals surface area contributed by atoms with Crippen LogP contribution < -0.4 is 0 Å². The Balaban J connectivity index is 2.42. The molecule has 98 valence electrons. The van der Waals surface area contributed by atoms with Gasteiger partial charge in [0.15, 0.2) is 0 Å². The molecule has 3 rings (SSSR count). The first-order chi connectivity index (χ1) is 9.08. The minimum atomic E-state index is 0.433. The van der Waals surface area contributed by atoms with E-state index in [2.05, 4.69) is 50.2 Å². The molecule has 0 saturated carbocycles. The minimum Gasteiger partial charge on any atom is -0.260 e. The first-order valence-electron chi connectivity index (χ1n) is 6.74. The molecule has 0 aliphatic heterocycles. The third-order valence-electron chi connectivity index (χ3n) is 3.47. The van der Waals surface area contributed by atoms with E-state index in [4.69, 9.17) is 4.98 Å². The van der Waals surface area contributed by atoms with Gasteiger partial charge >= 0.3 is 0 Å². The summed E-state index contributed by atoms with van der Waals surface area (Å²) in [6, 6.07) is 4.33. The summed E-state index contributed by atoms with van der Waals surface area (Å²) in [6.45, 7) is 8.85. The molecular weight excluding hydrogens is 252 g/mol. The van der Waals surface area contributed by atoms with Gasteiger partial charge in [-0.2, -0.15) is 0 Å². The number of aromatic nitrogens is 2. The van der Waals surface area contributed by atoms with Gasteiger partial charge in [-0.1, -0.05) is 27.7 Å². The fourth-order valence-corrected chi connectivity index (χ4v) is 3.34. The quantitative estimate of drug-likeness (QED) is 0.648. The predicted molar refractivity (Wildman–Crippen MR) is 83.1 cm³/mol. The molecule has 0 aliphatic rings. The predicted octanol–water partition coefficient (Wildman–Crippen LogP) is 5.09. The van der Waals surface area contributed by atoms with Crippen molar-refractivity contribution in [3.8, 4) is 0 Å². The summed E-state index contributed by atoms with van der Waals surface area (Å²) in [4.78, 5) is 10.7. The second-order valence-electron chi connectivity index (χ2n) is 5.61. The lowest BCUT2D eigenvalue weighted by Gasteiger charge is -2.16. The van der Waals surface area contributed by atoms with Crippen molar-refractivity contribution in [3.05, 3.63) is 35.0 Å². The van der Waals surface area contributed by atoms with Crippen molar-refractivity contribution in [1.29, 1.82) is 0 Å². The van der Waals surface area contributed by atoms with Crippen molar-refractivity contribution >= 4 is 32.5 Å². The van der Waals surface area contributed by atoms with Crippen molar-refractivity contribution in [3.63, 3.8) is 0 Å². The summed E-state index contributed by atoms with van der Waals surface area (Å²) >= 11 is 1.71. The minimum absolute atomic E-state index is 0.433. The van der Waals surface area contributed by atoms with Crippen molar-refractivity contribution in [2.75, 3.05) is 0 Å². The molecule has 19 heavy (non-hydrogen) atoms. The highest BCUT2D eigenvalue weighted by Crippen LogP contribution is 2.32. The van der Waals surface area contributed by atoms with Crippen molar-refractivity contribution < 1.29 is 0 Å². The molecule has 0 radical (unpaired) electrons. The van der Waals surface area contributed by atoms with Crippen LogP contribution in [0, 0.1) is 0 Å². The summed E-state index contributed by atoms with van der Waals surface area (Å²) in [7, 11) is 0. The topological polar surface area (TPSA) is 25.8 Å². The third-order valence-corrected chi connectivity index (χ3v) is 4.29. The number of pyridine rings is 2. The molecule has 3 heterocycles. The van der Waals surface area contributed by atoms with Crippen LogP contribution in [0.2, 0.25) is 0 Å². The second-order valence-corrected chi connectivity index (χ2v) is 6.50. The van der Waals surface area contributed by atoms with Gasteiger partial charge in [0.05, 0.1) is 5.52 Å². The van der Waals surface area contributed by atoms with Crippen molar-refractivity contribution in [1.82, 2.24) is 9.97 Å². The van der Waals surface area contributed by atoms with Gasteiger partial charge in [-0.3, -0.25) is 4.98 Å². The highest BCUT2D eigenvalue weighted by molar-refractivity contribution is 7.16. The zero-order valence-electron chi connectivity index (χ0n) is 11.8. The Labute approximate surface area is 117 Å². The Kier molecular flexibility index (Phi) is 3.02. The molecule has 0 fully saturated rings. The number of thiophene rings is 1. The van der Waals surface area contributed by atoms with Crippen LogP contribution in [0.4, 0.5) is 0 Å². The Bertz CT molecular complexity index is 741. The van der Waals surface area contributed by atoms with E-state index in [9.17, 15) is 0 Å². The molecule has 3 aromatic heterocycles. The molecule has 0 aromatic carbocycles. The monoisotopic (exact) mass is 270 g/mol. The maximum absolute atomic E-state index is 4.88. The van der Waals surface area contributed by atoms with Gasteiger partial charge in [-0.25, -0.2) is 4.98 Å². The molecule has 0 N–H and O–H groups in total. The van der Waals surface area contributed by atoms with Gasteiger partial charge < -0.3 is 0 Å². The van der Waals surface area contributed by atoms with E-state index in [0.717, 1.165) is 15.7 Å². The molecule has 3 aromatic rings. The second kappa shape index (κ2) is 4.57. The normalized spacial score (nSPS) is 12.1. The summed E-state index contributed by atoms with van der Waals surface area (Å²) < 4.78 is 0. The summed E-state index contributed by atoms with van der Waals surface area (Å²) in [6.07, 6.45) is 1.97. The van der Waals surface area contributed by atoms with Crippen LogP contribution in [0.3, 0.4) is 0 Å². The third kappa shape index (κ3) is 2.02. The van der Waals surface area contributed by atoms with Gasteiger partial charge in [0.2, 0.25) is 0 Å².